The van der Waals surface area contributed by atoms with Crippen molar-refractivity contribution in [2.24, 2.45) is 5.92 Å². The highest BCUT2D eigenvalue weighted by Crippen LogP contribution is 2.19. The fraction of sp³-hybridized carbons (Fsp3) is 0.350. The first-order valence-electron chi connectivity index (χ1n) is 8.19. The molecule has 23 heavy (non-hydrogen) atoms. The third kappa shape index (κ3) is 4.66. The summed E-state index contributed by atoms with van der Waals surface area (Å²) in [7, 11) is 0. The molecule has 1 aliphatic heterocycles. The van der Waals surface area contributed by atoms with Crippen molar-refractivity contribution in [3.05, 3.63) is 71.3 Å². The van der Waals surface area contributed by atoms with E-state index in [4.69, 9.17) is 10.00 Å². The van der Waals surface area contributed by atoms with Crippen LogP contribution in [0.3, 0.4) is 0 Å². The highest BCUT2D eigenvalue weighted by molar-refractivity contribution is 5.32. The Morgan fingerprint density at radius 2 is 1.87 bits per heavy atom. The molecule has 0 unspecified atom stereocenters. The van der Waals surface area contributed by atoms with E-state index < -0.39 is 0 Å². The molecule has 3 nitrogen and oxygen atoms in total. The molecule has 118 valence electrons. The molecule has 3 heteroatoms. The van der Waals surface area contributed by atoms with E-state index in [0.29, 0.717) is 18.1 Å². The van der Waals surface area contributed by atoms with Crippen molar-refractivity contribution in [3.8, 4) is 6.07 Å². The van der Waals surface area contributed by atoms with Crippen LogP contribution in [-0.2, 0) is 17.8 Å². The molecule has 1 saturated heterocycles. The van der Waals surface area contributed by atoms with Crippen LogP contribution in [0.4, 0.5) is 0 Å². The molecule has 0 bridgehead atoms. The van der Waals surface area contributed by atoms with E-state index in [1.807, 2.05) is 24.3 Å². The van der Waals surface area contributed by atoms with Crippen LogP contribution in [-0.4, -0.2) is 19.2 Å². The summed E-state index contributed by atoms with van der Waals surface area (Å²) in [4.78, 5) is 0. The summed E-state index contributed by atoms with van der Waals surface area (Å²) in [5.74, 6) is 0.613. The Bertz CT molecular complexity index is 663. The molecule has 0 saturated carbocycles. The highest BCUT2D eigenvalue weighted by Gasteiger charge is 2.22. The lowest BCUT2D eigenvalue weighted by Crippen LogP contribution is -2.41. The van der Waals surface area contributed by atoms with E-state index in [-0.39, 0.29) is 6.10 Å². The Balaban J connectivity index is 1.51. The Hall–Kier alpha value is -2.15. The van der Waals surface area contributed by atoms with Gasteiger partial charge in [-0.2, -0.15) is 5.26 Å². The minimum absolute atomic E-state index is 0.239. The van der Waals surface area contributed by atoms with Crippen molar-refractivity contribution in [1.29, 1.82) is 5.26 Å². The summed E-state index contributed by atoms with van der Waals surface area (Å²) >= 11 is 0. The molecule has 2 aromatic carbocycles. The maximum Gasteiger partial charge on any atom is 0.0991 e. The quantitative estimate of drug-likeness (QED) is 0.922. The van der Waals surface area contributed by atoms with Crippen molar-refractivity contribution in [2.45, 2.75) is 25.6 Å². The first-order chi connectivity index (χ1) is 11.3. The fourth-order valence-corrected chi connectivity index (χ4v) is 3.16. The summed E-state index contributed by atoms with van der Waals surface area (Å²) in [6, 6.07) is 20.5. The van der Waals surface area contributed by atoms with Crippen LogP contribution in [0.1, 0.15) is 23.1 Å². The SMILES string of the molecule is N#Cc1cccc(CO[C@@H]2CNC[C@H](Cc3ccccc3)C2)c1. The zero-order chi connectivity index (χ0) is 15.9. The van der Waals surface area contributed by atoms with Gasteiger partial charge in [-0.1, -0.05) is 42.5 Å². The first kappa shape index (κ1) is 15.7. The molecule has 0 aromatic heterocycles. The molecule has 0 aliphatic carbocycles. The maximum atomic E-state index is 8.95. The molecule has 0 spiro atoms. The number of hydrogen-bond acceptors (Lipinski definition) is 3. The molecule has 2 aromatic rings. The summed E-state index contributed by atoms with van der Waals surface area (Å²) in [5.41, 5.74) is 3.14. The molecule has 1 fully saturated rings. The van der Waals surface area contributed by atoms with Gasteiger partial charge in [-0.15, -0.1) is 0 Å². The van der Waals surface area contributed by atoms with Gasteiger partial charge in [0.05, 0.1) is 24.3 Å². The third-order valence-electron chi connectivity index (χ3n) is 4.31. The topological polar surface area (TPSA) is 45.0 Å². The van der Waals surface area contributed by atoms with Gasteiger partial charge in [-0.05, 0) is 48.6 Å². The Morgan fingerprint density at radius 1 is 1.04 bits per heavy atom. The molecule has 1 aliphatic rings. The number of piperidine rings is 1. The Kier molecular flexibility index (Phi) is 5.42. The molecule has 2 atom stereocenters. The van der Waals surface area contributed by atoms with E-state index in [1.54, 1.807) is 0 Å². The van der Waals surface area contributed by atoms with Crippen LogP contribution in [0.15, 0.2) is 54.6 Å². The molecule has 0 amide bonds. The van der Waals surface area contributed by atoms with Gasteiger partial charge < -0.3 is 10.1 Å². The molecular weight excluding hydrogens is 284 g/mol. The number of nitrogens with one attached hydrogen (secondary N) is 1. The van der Waals surface area contributed by atoms with Gasteiger partial charge in [0, 0.05) is 6.54 Å². The second kappa shape index (κ2) is 7.92. The molecule has 0 radical (unpaired) electrons. The van der Waals surface area contributed by atoms with E-state index in [1.165, 1.54) is 5.56 Å². The molecule has 1 heterocycles. The Labute approximate surface area is 137 Å². The smallest absolute Gasteiger partial charge is 0.0991 e. The van der Waals surface area contributed by atoms with E-state index in [2.05, 4.69) is 41.7 Å². The maximum absolute atomic E-state index is 8.95. The molecule has 3 rings (SSSR count). The normalized spacial score (nSPS) is 20.8. The lowest BCUT2D eigenvalue weighted by atomic mass is 9.91. The van der Waals surface area contributed by atoms with E-state index in [9.17, 15) is 0 Å². The average Bonchev–Trinajstić information content (AvgIpc) is 2.61. The average molecular weight is 306 g/mol. The van der Waals surface area contributed by atoms with Crippen molar-refractivity contribution < 1.29 is 4.74 Å². The second-order valence-electron chi connectivity index (χ2n) is 6.19. The minimum Gasteiger partial charge on any atom is -0.372 e. The lowest BCUT2D eigenvalue weighted by Gasteiger charge is -2.30. The van der Waals surface area contributed by atoms with Gasteiger partial charge in [-0.25, -0.2) is 0 Å². The third-order valence-corrected chi connectivity index (χ3v) is 4.31. The van der Waals surface area contributed by atoms with Gasteiger partial charge in [0.25, 0.3) is 0 Å². The van der Waals surface area contributed by atoms with Crippen molar-refractivity contribution in [2.75, 3.05) is 13.1 Å². The zero-order valence-corrected chi connectivity index (χ0v) is 13.2. The number of rotatable bonds is 5. The monoisotopic (exact) mass is 306 g/mol. The van der Waals surface area contributed by atoms with Gasteiger partial charge in [0.2, 0.25) is 0 Å². The molecule has 1 N–H and O–H groups in total. The largest absolute Gasteiger partial charge is 0.372 e. The summed E-state index contributed by atoms with van der Waals surface area (Å²) in [5, 5.41) is 12.4. The van der Waals surface area contributed by atoms with Crippen molar-refractivity contribution >= 4 is 0 Å². The van der Waals surface area contributed by atoms with Gasteiger partial charge in [-0.3, -0.25) is 0 Å². The van der Waals surface area contributed by atoms with Gasteiger partial charge in [0.1, 0.15) is 0 Å². The van der Waals surface area contributed by atoms with Crippen LogP contribution in [0.25, 0.3) is 0 Å². The highest BCUT2D eigenvalue weighted by atomic mass is 16.5. The fourth-order valence-electron chi connectivity index (χ4n) is 3.16. The number of hydrogen-bond donors (Lipinski definition) is 1. The zero-order valence-electron chi connectivity index (χ0n) is 13.2. The summed E-state index contributed by atoms with van der Waals surface area (Å²) in [6.45, 7) is 2.53. The van der Waals surface area contributed by atoms with Crippen molar-refractivity contribution in [3.63, 3.8) is 0 Å². The minimum atomic E-state index is 0.239. The van der Waals surface area contributed by atoms with Crippen LogP contribution < -0.4 is 5.32 Å². The van der Waals surface area contributed by atoms with E-state index >= 15 is 0 Å². The van der Waals surface area contributed by atoms with Gasteiger partial charge >= 0.3 is 0 Å². The number of ether oxygens (including phenoxy) is 1. The standard InChI is InChI=1S/C20H22N2O/c21-12-17-7-4-8-18(10-17)15-23-20-11-19(13-22-14-20)9-16-5-2-1-3-6-16/h1-8,10,19-20,22H,9,11,13-15H2/t19-,20+/m1/s1. The molecular formula is C20H22N2O. The number of nitrogens with zero attached hydrogens (tertiary/aromatic N) is 1. The lowest BCUT2D eigenvalue weighted by molar-refractivity contribution is 0.0114. The summed E-state index contributed by atoms with van der Waals surface area (Å²) < 4.78 is 6.06. The number of nitriles is 1. The van der Waals surface area contributed by atoms with Gasteiger partial charge in [0.15, 0.2) is 0 Å². The van der Waals surface area contributed by atoms with Crippen molar-refractivity contribution in [1.82, 2.24) is 5.32 Å². The first-order valence-corrected chi connectivity index (χ1v) is 8.19. The van der Waals surface area contributed by atoms with Crippen LogP contribution in [0.2, 0.25) is 0 Å². The predicted octanol–water partition coefficient (Wildman–Crippen LogP) is 3.30. The predicted molar refractivity (Wildman–Crippen MR) is 90.9 cm³/mol. The van der Waals surface area contributed by atoms with Crippen LogP contribution in [0, 0.1) is 17.2 Å². The van der Waals surface area contributed by atoms with Crippen LogP contribution >= 0.6 is 0 Å². The van der Waals surface area contributed by atoms with Crippen LogP contribution in [0.5, 0.6) is 0 Å². The second-order valence-corrected chi connectivity index (χ2v) is 6.19. The summed E-state index contributed by atoms with van der Waals surface area (Å²) in [6.07, 6.45) is 2.42. The van der Waals surface area contributed by atoms with E-state index in [0.717, 1.165) is 31.5 Å². The Morgan fingerprint density at radius 3 is 2.70 bits per heavy atom. The number of benzene rings is 2.